The zero-order valence-electron chi connectivity index (χ0n) is 35.4. The van der Waals surface area contributed by atoms with Gasteiger partial charge in [-0.05, 0) is 76.1 Å². The lowest BCUT2D eigenvalue weighted by Gasteiger charge is -2.26. The number of amides is 3. The number of hydrogen-bond donors (Lipinski definition) is 6. The van der Waals surface area contributed by atoms with Crippen LogP contribution in [0.1, 0.15) is 59.3 Å². The van der Waals surface area contributed by atoms with Crippen molar-refractivity contribution < 1.29 is 33.2 Å². The summed E-state index contributed by atoms with van der Waals surface area (Å²) in [6, 6.07) is 8.68. The van der Waals surface area contributed by atoms with Gasteiger partial charge in [0.05, 0.1) is 44.7 Å². The number of nitrogens with two attached hydrogens (primary N) is 3. The highest BCUT2D eigenvalue weighted by molar-refractivity contribution is 6.47. The average molecular weight is 839 g/mol. The molecule has 6 rings (SSSR count). The number of aliphatic imine (C=N–C) groups is 1. The Morgan fingerprint density at radius 1 is 1.07 bits per heavy atom. The van der Waals surface area contributed by atoms with Gasteiger partial charge in [0.25, 0.3) is 5.91 Å². The van der Waals surface area contributed by atoms with Crippen molar-refractivity contribution >= 4 is 57.4 Å². The molecule has 1 saturated heterocycles. The number of morpholine rings is 1. The summed E-state index contributed by atoms with van der Waals surface area (Å²) in [5, 5.41) is 10.4. The van der Waals surface area contributed by atoms with Crippen molar-refractivity contribution in [2.45, 2.75) is 60.3 Å². The predicted molar refractivity (Wildman–Crippen MR) is 233 cm³/mol. The number of benzene rings is 2. The minimum Gasteiger partial charge on any atom is -0.494 e. The fourth-order valence-corrected chi connectivity index (χ4v) is 7.18. The molecular weight excluding hydrogens is 783 g/mol. The van der Waals surface area contributed by atoms with Gasteiger partial charge >= 0.3 is 11.9 Å². The fraction of sp³-hybridized carbons (Fsp3) is 0.405. The first kappa shape index (κ1) is 44.0. The summed E-state index contributed by atoms with van der Waals surface area (Å²) in [7, 11) is 1.57. The number of imidazole rings is 2. The minimum atomic E-state index is -0.633. The van der Waals surface area contributed by atoms with Gasteiger partial charge in [0, 0.05) is 57.1 Å². The molecular formula is C42H56N13O6+. The van der Waals surface area contributed by atoms with Gasteiger partial charge < -0.3 is 36.0 Å². The highest BCUT2D eigenvalue weighted by Gasteiger charge is 2.27. The Morgan fingerprint density at radius 3 is 2.54 bits per heavy atom. The van der Waals surface area contributed by atoms with Crippen LogP contribution in [0.15, 0.2) is 59.2 Å². The lowest BCUT2D eigenvalue weighted by Crippen LogP contribution is -2.38. The van der Waals surface area contributed by atoms with E-state index in [1.165, 1.54) is 6.08 Å². The number of methoxy groups -OCH3 is 1. The largest absolute Gasteiger partial charge is 0.494 e. The number of primary amides is 1. The maximum absolute atomic E-state index is 13.7. The first-order chi connectivity index (χ1) is 29.4. The van der Waals surface area contributed by atoms with Crippen LogP contribution >= 0.6 is 0 Å². The number of fused-ring (bicyclic) bond motifs is 2. The van der Waals surface area contributed by atoms with E-state index in [1.807, 2.05) is 54.2 Å². The second kappa shape index (κ2) is 20.1. The number of carbonyl (C=O) groups is 3. The molecule has 61 heavy (non-hydrogen) atoms. The summed E-state index contributed by atoms with van der Waals surface area (Å²) in [6.45, 7) is 13.1. The van der Waals surface area contributed by atoms with Crippen LogP contribution in [0.3, 0.4) is 0 Å². The monoisotopic (exact) mass is 838 g/mol. The zero-order valence-corrected chi connectivity index (χ0v) is 35.4. The molecule has 324 valence electrons. The third kappa shape index (κ3) is 10.4. The van der Waals surface area contributed by atoms with Crippen LogP contribution in [0.2, 0.25) is 0 Å². The highest BCUT2D eigenvalue weighted by atomic mass is 16.5. The maximum atomic E-state index is 13.7. The molecule has 0 spiro atoms. The number of nitrogens with one attached hydrogen (secondary N) is 3. The molecule has 3 amide bonds. The molecule has 0 bridgehead atoms. The number of ether oxygens (including phenoxy) is 3. The van der Waals surface area contributed by atoms with Crippen molar-refractivity contribution in [1.82, 2.24) is 29.2 Å². The van der Waals surface area contributed by atoms with Crippen LogP contribution in [-0.4, -0.2) is 106 Å². The molecule has 3 aromatic heterocycles. The second-order valence-electron chi connectivity index (χ2n) is 14.5. The Hall–Kier alpha value is -6.57. The van der Waals surface area contributed by atoms with Crippen LogP contribution in [0.4, 0.5) is 11.9 Å². The summed E-state index contributed by atoms with van der Waals surface area (Å²) >= 11 is 0. The number of allylic oxidation sites excluding steroid dienone is 3. The summed E-state index contributed by atoms with van der Waals surface area (Å²) in [5.41, 5.74) is 22.8. The number of H-pyrrole nitrogens is 1. The predicted octanol–water partition coefficient (Wildman–Crippen LogP) is 2.77. The molecule has 0 aliphatic carbocycles. The fourth-order valence-electron chi connectivity index (χ4n) is 7.18. The quantitative estimate of drug-likeness (QED) is 0.0305. The number of rotatable bonds is 19. The van der Waals surface area contributed by atoms with Gasteiger partial charge in [-0.2, -0.15) is 5.10 Å². The SMILES string of the molecule is CCN=C(/C=C(/C)N)C(=O)Nc1[nH]c2cc(C(N)=O)cc(OCCCN3CCOCC3)c2[n+]1C/C=C/Cn1c(NC(=O)c2cc(C)nn2CC)nc2cc(CN)cc(OC)c21. The van der Waals surface area contributed by atoms with E-state index in [4.69, 9.17) is 36.4 Å². The number of anilines is 2. The van der Waals surface area contributed by atoms with Gasteiger partial charge in [0.1, 0.15) is 28.2 Å². The van der Waals surface area contributed by atoms with Gasteiger partial charge in [-0.25, -0.2) is 24.6 Å². The molecule has 9 N–H and O–H groups in total. The van der Waals surface area contributed by atoms with Crippen molar-refractivity contribution in [3.8, 4) is 11.5 Å². The van der Waals surface area contributed by atoms with E-state index in [0.29, 0.717) is 89.8 Å². The minimum absolute atomic E-state index is 0.145. The molecule has 2 aromatic carbocycles. The number of aromatic nitrogens is 6. The summed E-state index contributed by atoms with van der Waals surface area (Å²) in [6.07, 6.45) is 6.06. The van der Waals surface area contributed by atoms with Crippen molar-refractivity contribution in [3.63, 3.8) is 0 Å². The second-order valence-corrected chi connectivity index (χ2v) is 14.5. The molecule has 19 heteroatoms. The van der Waals surface area contributed by atoms with Crippen LogP contribution in [-0.2, 0) is 35.7 Å². The van der Waals surface area contributed by atoms with E-state index in [9.17, 15) is 14.4 Å². The van der Waals surface area contributed by atoms with E-state index >= 15 is 0 Å². The summed E-state index contributed by atoms with van der Waals surface area (Å²) in [5.74, 6) is 0.0524. The van der Waals surface area contributed by atoms with Crippen molar-refractivity contribution in [1.29, 1.82) is 0 Å². The van der Waals surface area contributed by atoms with Gasteiger partial charge in [0.2, 0.25) is 11.9 Å². The smallest absolute Gasteiger partial charge is 0.363 e. The number of aromatic amines is 1. The maximum Gasteiger partial charge on any atom is 0.363 e. The van der Waals surface area contributed by atoms with Crippen LogP contribution < -0.4 is 41.9 Å². The number of hydrogen-bond acceptors (Lipinski definition) is 12. The van der Waals surface area contributed by atoms with E-state index in [1.54, 1.807) is 36.9 Å². The van der Waals surface area contributed by atoms with Crippen molar-refractivity contribution in [3.05, 3.63) is 76.8 Å². The van der Waals surface area contributed by atoms with Crippen molar-refractivity contribution in [2.24, 2.45) is 22.2 Å². The average Bonchev–Trinajstić information content (AvgIpc) is 3.92. The van der Waals surface area contributed by atoms with Gasteiger partial charge in [-0.3, -0.25) is 29.5 Å². The molecule has 1 aliphatic rings. The molecule has 19 nitrogen and oxygen atoms in total. The lowest BCUT2D eigenvalue weighted by atomic mass is 10.1. The molecule has 0 saturated carbocycles. The molecule has 1 aliphatic heterocycles. The molecule has 1 fully saturated rings. The van der Waals surface area contributed by atoms with Crippen molar-refractivity contribution in [2.75, 3.05) is 63.7 Å². The third-order valence-electron chi connectivity index (χ3n) is 10.0. The topological polar surface area (TPSA) is 252 Å². The molecule has 4 heterocycles. The highest BCUT2D eigenvalue weighted by Crippen LogP contribution is 2.31. The first-order valence-electron chi connectivity index (χ1n) is 20.3. The normalized spacial score (nSPS) is 14.0. The number of carbonyl (C=O) groups excluding carboxylic acids is 3. The van der Waals surface area contributed by atoms with E-state index in [2.05, 4.69) is 30.6 Å². The number of nitrogens with zero attached hydrogens (tertiary/aromatic N) is 7. The molecule has 0 atom stereocenters. The molecule has 0 unspecified atom stereocenters. The summed E-state index contributed by atoms with van der Waals surface area (Å²) in [4.78, 5) is 54.6. The van der Waals surface area contributed by atoms with Gasteiger partial charge in [-0.15, -0.1) is 0 Å². The van der Waals surface area contributed by atoms with Crippen LogP contribution in [0.5, 0.6) is 11.5 Å². The lowest BCUT2D eigenvalue weighted by molar-refractivity contribution is -0.646. The number of aryl methyl sites for hydroxylation is 2. The first-order valence-corrected chi connectivity index (χ1v) is 20.3. The Balaban J connectivity index is 1.37. The Bertz CT molecular complexity index is 2490. The van der Waals surface area contributed by atoms with E-state index < -0.39 is 11.8 Å². The van der Waals surface area contributed by atoms with Crippen LogP contribution in [0, 0.1) is 6.92 Å². The van der Waals surface area contributed by atoms with Gasteiger partial charge in [-0.1, -0.05) is 12.2 Å². The van der Waals surface area contributed by atoms with Crippen LogP contribution in [0.25, 0.3) is 22.1 Å². The van der Waals surface area contributed by atoms with E-state index in [-0.39, 0.29) is 36.8 Å². The zero-order chi connectivity index (χ0) is 43.6. The van der Waals surface area contributed by atoms with E-state index in [0.717, 1.165) is 37.3 Å². The Labute approximate surface area is 353 Å². The Morgan fingerprint density at radius 2 is 1.85 bits per heavy atom. The third-order valence-corrected chi connectivity index (χ3v) is 10.0. The summed E-state index contributed by atoms with van der Waals surface area (Å²) < 4.78 is 23.0. The van der Waals surface area contributed by atoms with Gasteiger partial charge in [0.15, 0.2) is 11.3 Å². The molecule has 0 radical (unpaired) electrons. The standard InChI is InChI=1S/C42H55N13O6/c1-6-46-32(19-26(3)44)39(57)49-41-48-31-23-29(38(45)56)24-35(61-16-10-11-52-14-17-60-18-15-52)37(31)54(41)13-9-8-12-53-36-30(21-28(25-43)22-34(36)59-5)47-42(53)50-40(58)33-20-27(4)51-55(33)7-2/h8-9,19-24H,6-7,10-18,25,43H2,1-5H3,(H6,44,45,46,47,48,49,50,56,57,58)/p+1/b9-8+. The molecule has 5 aromatic rings. The Kier molecular flexibility index (Phi) is 14.5.